The van der Waals surface area contributed by atoms with E-state index in [9.17, 15) is 0 Å². The smallest absolute Gasteiger partial charge is 0.0242 e. The number of nitrogens with zero attached hydrogens (tertiary/aromatic N) is 1. The van der Waals surface area contributed by atoms with Crippen LogP contribution in [0.5, 0.6) is 0 Å². The minimum absolute atomic E-state index is 1.17. The van der Waals surface area contributed by atoms with Gasteiger partial charge in [-0.2, -0.15) is 0 Å². The molecule has 2 nitrogen and oxygen atoms in total. The molecule has 1 fully saturated rings. The Morgan fingerprint density at radius 2 is 1.75 bits per heavy atom. The van der Waals surface area contributed by atoms with Crippen LogP contribution in [0.3, 0.4) is 0 Å². The van der Waals surface area contributed by atoms with Crippen molar-refractivity contribution in [3.63, 3.8) is 0 Å². The van der Waals surface area contributed by atoms with Crippen LogP contribution in [-0.2, 0) is 0 Å². The monoisotopic (exact) mass is 113 g/mol. The van der Waals surface area contributed by atoms with Gasteiger partial charge in [0.05, 0.1) is 0 Å². The first kappa shape index (κ1) is 6.05. The quantitative estimate of drug-likeness (QED) is 0.540. The highest BCUT2D eigenvalue weighted by molar-refractivity contribution is 4.59. The largest absolute Gasteiger partial charge is 0.254 e. The predicted molar refractivity (Wildman–Crippen MR) is 33.9 cm³/mol. The van der Waals surface area contributed by atoms with Gasteiger partial charge in [-0.05, 0) is 12.8 Å². The second-order valence-electron chi connectivity index (χ2n) is 2.21. The third-order valence-electron chi connectivity index (χ3n) is 1.58. The van der Waals surface area contributed by atoms with E-state index in [0.717, 1.165) is 0 Å². The van der Waals surface area contributed by atoms with Crippen molar-refractivity contribution in [2.45, 2.75) is 19.3 Å². The van der Waals surface area contributed by atoms with E-state index >= 15 is 0 Å². The Morgan fingerprint density at radius 3 is 2.12 bits per heavy atom. The van der Waals surface area contributed by atoms with Gasteiger partial charge in [0.15, 0.2) is 0 Å². The van der Waals surface area contributed by atoms with E-state index in [4.69, 9.17) is 0 Å². The Labute approximate surface area is 50.8 Å². The van der Waals surface area contributed by atoms with E-state index < -0.39 is 0 Å². The minimum Gasteiger partial charge on any atom is -0.254 e. The number of hydrazine groups is 1. The maximum absolute atomic E-state index is 3.59. The summed E-state index contributed by atoms with van der Waals surface area (Å²) >= 11 is 0. The first-order valence-corrected chi connectivity index (χ1v) is 3.21. The van der Waals surface area contributed by atoms with Gasteiger partial charge in [0.2, 0.25) is 0 Å². The third kappa shape index (κ3) is 1.46. The summed E-state index contributed by atoms with van der Waals surface area (Å²) < 4.78 is 0. The molecule has 1 aliphatic rings. The summed E-state index contributed by atoms with van der Waals surface area (Å²) in [4.78, 5) is 0. The van der Waals surface area contributed by atoms with Gasteiger partial charge in [-0.3, -0.25) is 5.43 Å². The average molecular weight is 113 g/mol. The number of piperidine rings is 1. The number of nitrogens with one attached hydrogen (secondary N) is 1. The van der Waals surface area contributed by atoms with Crippen LogP contribution in [0.2, 0.25) is 0 Å². The van der Waals surface area contributed by atoms with Crippen molar-refractivity contribution >= 4 is 0 Å². The Hall–Kier alpha value is -0.0800. The van der Waals surface area contributed by atoms with Crippen LogP contribution in [0.4, 0.5) is 0 Å². The van der Waals surface area contributed by atoms with Crippen molar-refractivity contribution in [2.24, 2.45) is 0 Å². The van der Waals surface area contributed by atoms with Gasteiger partial charge >= 0.3 is 0 Å². The van der Waals surface area contributed by atoms with Gasteiger partial charge in [0, 0.05) is 20.1 Å². The normalized spacial score (nSPS) is 23.6. The molecule has 1 rings (SSSR count). The molecule has 0 atom stereocenters. The molecule has 0 saturated carbocycles. The molecule has 0 aromatic rings. The van der Waals surface area contributed by atoms with Crippen LogP contribution in [0, 0.1) is 7.05 Å². The summed E-state index contributed by atoms with van der Waals surface area (Å²) in [7, 11) is 3.59. The minimum atomic E-state index is 1.17. The molecular weight excluding hydrogens is 100 g/mol. The van der Waals surface area contributed by atoms with E-state index in [1.54, 1.807) is 0 Å². The summed E-state index contributed by atoms with van der Waals surface area (Å²) in [6.45, 7) is 2.34. The van der Waals surface area contributed by atoms with Crippen LogP contribution in [-0.4, -0.2) is 18.1 Å². The standard InChI is InChI=1S/C6H13N2/c1-7-8-5-3-2-4-6-8/h7H,1-6H2. The van der Waals surface area contributed by atoms with Crippen molar-refractivity contribution < 1.29 is 0 Å². The van der Waals surface area contributed by atoms with E-state index in [-0.39, 0.29) is 0 Å². The molecule has 0 unspecified atom stereocenters. The van der Waals surface area contributed by atoms with Crippen molar-refractivity contribution in [1.82, 2.24) is 10.4 Å². The van der Waals surface area contributed by atoms with Gasteiger partial charge in [0.25, 0.3) is 0 Å². The molecular formula is C6H13N2. The molecule has 1 saturated heterocycles. The predicted octanol–water partition coefficient (Wildman–Crippen LogP) is 0.768. The van der Waals surface area contributed by atoms with E-state index in [2.05, 4.69) is 17.5 Å². The maximum Gasteiger partial charge on any atom is 0.0242 e. The highest BCUT2D eigenvalue weighted by Gasteiger charge is 2.05. The lowest BCUT2D eigenvalue weighted by Crippen LogP contribution is -2.37. The van der Waals surface area contributed by atoms with E-state index in [1.807, 2.05) is 0 Å². The van der Waals surface area contributed by atoms with Crippen molar-refractivity contribution in [3.8, 4) is 0 Å². The molecule has 8 heavy (non-hydrogen) atoms. The van der Waals surface area contributed by atoms with Gasteiger partial charge in [0.1, 0.15) is 0 Å². The SMILES string of the molecule is [CH2]NN1CCCCC1. The van der Waals surface area contributed by atoms with Crippen LogP contribution >= 0.6 is 0 Å². The van der Waals surface area contributed by atoms with Crippen molar-refractivity contribution in [1.29, 1.82) is 0 Å². The molecule has 0 aromatic carbocycles. The molecule has 1 heterocycles. The average Bonchev–Trinajstić information content (AvgIpc) is 1.90. The van der Waals surface area contributed by atoms with E-state index in [0.29, 0.717) is 0 Å². The molecule has 0 amide bonds. The molecule has 0 aromatic heterocycles. The summed E-state index contributed by atoms with van der Waals surface area (Å²) in [5.74, 6) is 0. The summed E-state index contributed by atoms with van der Waals surface area (Å²) in [5.41, 5.74) is 2.89. The van der Waals surface area contributed by atoms with Crippen LogP contribution in [0.15, 0.2) is 0 Å². The lowest BCUT2D eigenvalue weighted by Gasteiger charge is -2.24. The second kappa shape index (κ2) is 3.05. The zero-order valence-electron chi connectivity index (χ0n) is 5.19. The van der Waals surface area contributed by atoms with Gasteiger partial charge in [-0.25, -0.2) is 5.01 Å². The fourth-order valence-corrected chi connectivity index (χ4v) is 1.05. The molecule has 1 aliphatic heterocycles. The topological polar surface area (TPSA) is 15.3 Å². The van der Waals surface area contributed by atoms with Gasteiger partial charge < -0.3 is 0 Å². The molecule has 0 aliphatic carbocycles. The lowest BCUT2D eigenvalue weighted by atomic mass is 10.2. The lowest BCUT2D eigenvalue weighted by molar-refractivity contribution is 0.181. The number of hydrogen-bond donors (Lipinski definition) is 1. The number of rotatable bonds is 1. The molecule has 1 N–H and O–H groups in total. The summed E-state index contributed by atoms with van der Waals surface area (Å²) in [5, 5.41) is 2.16. The zero-order chi connectivity index (χ0) is 5.82. The third-order valence-corrected chi connectivity index (χ3v) is 1.58. The van der Waals surface area contributed by atoms with Crippen molar-refractivity contribution in [3.05, 3.63) is 7.05 Å². The fourth-order valence-electron chi connectivity index (χ4n) is 1.05. The van der Waals surface area contributed by atoms with Crippen LogP contribution < -0.4 is 5.43 Å². The first-order chi connectivity index (χ1) is 3.93. The summed E-state index contributed by atoms with van der Waals surface area (Å²) in [6, 6.07) is 0. The Morgan fingerprint density at radius 1 is 1.12 bits per heavy atom. The fraction of sp³-hybridized carbons (Fsp3) is 0.833. The first-order valence-electron chi connectivity index (χ1n) is 3.21. The van der Waals surface area contributed by atoms with Crippen LogP contribution in [0.25, 0.3) is 0 Å². The highest BCUT2D eigenvalue weighted by Crippen LogP contribution is 2.04. The molecule has 0 spiro atoms. The van der Waals surface area contributed by atoms with Gasteiger partial charge in [-0.1, -0.05) is 6.42 Å². The highest BCUT2D eigenvalue weighted by atomic mass is 15.5. The molecule has 2 heteroatoms. The van der Waals surface area contributed by atoms with Crippen LogP contribution in [0.1, 0.15) is 19.3 Å². The Bertz CT molecular complexity index is 57.5. The van der Waals surface area contributed by atoms with Gasteiger partial charge in [-0.15, -0.1) is 0 Å². The maximum atomic E-state index is 3.59. The van der Waals surface area contributed by atoms with Crippen molar-refractivity contribution in [2.75, 3.05) is 13.1 Å². The molecule has 47 valence electrons. The molecule has 1 radical (unpaired) electrons. The number of hydrogen-bond acceptors (Lipinski definition) is 2. The molecule has 0 bridgehead atoms. The second-order valence-corrected chi connectivity index (χ2v) is 2.21. The zero-order valence-corrected chi connectivity index (χ0v) is 5.19. The summed E-state index contributed by atoms with van der Waals surface area (Å²) in [6.07, 6.45) is 4.03. The van der Waals surface area contributed by atoms with E-state index in [1.165, 1.54) is 32.4 Å². The Balaban J connectivity index is 2.13. The Kier molecular flexibility index (Phi) is 2.30.